The van der Waals surface area contributed by atoms with Gasteiger partial charge in [-0.15, -0.1) is 11.3 Å². The fourth-order valence-electron chi connectivity index (χ4n) is 3.80. The predicted octanol–water partition coefficient (Wildman–Crippen LogP) is 4.79. The maximum absolute atomic E-state index is 13.1. The van der Waals surface area contributed by atoms with Crippen LogP contribution in [0.1, 0.15) is 5.56 Å². The second-order valence-corrected chi connectivity index (χ2v) is 11.6. The molecule has 1 saturated heterocycles. The third kappa shape index (κ3) is 3.97. The fraction of sp³-hybridized carbons (Fsp3) is 0.182. The Balaban J connectivity index is 1.32. The topological polar surface area (TPSA) is 70.6 Å². The van der Waals surface area contributed by atoms with Gasteiger partial charge in [0.15, 0.2) is 0 Å². The SMILES string of the molecule is O=C1CN(S(=O)(=O)c2cc3ccc(Cl)cc3s2)CCN1Cc1ccc2c(Cl)nccc2c1. The van der Waals surface area contributed by atoms with E-state index in [0.29, 0.717) is 23.3 Å². The van der Waals surface area contributed by atoms with Crippen molar-refractivity contribution in [1.29, 1.82) is 0 Å². The van der Waals surface area contributed by atoms with Gasteiger partial charge in [-0.3, -0.25) is 4.79 Å². The number of pyridine rings is 1. The summed E-state index contributed by atoms with van der Waals surface area (Å²) in [6.07, 6.45) is 1.64. The average molecular weight is 506 g/mol. The molecule has 0 atom stereocenters. The van der Waals surface area contributed by atoms with Crippen LogP contribution in [0.25, 0.3) is 20.9 Å². The number of piperazine rings is 1. The Kier molecular flexibility index (Phi) is 5.59. The summed E-state index contributed by atoms with van der Waals surface area (Å²) in [7, 11) is -3.76. The monoisotopic (exact) mass is 505 g/mol. The minimum Gasteiger partial charge on any atom is -0.336 e. The number of hydrogen-bond donors (Lipinski definition) is 0. The first kappa shape index (κ1) is 21.6. The number of rotatable bonds is 4. The number of fused-ring (bicyclic) bond motifs is 2. The quantitative estimate of drug-likeness (QED) is 0.374. The van der Waals surface area contributed by atoms with Crippen LogP contribution in [0.15, 0.2) is 58.9 Å². The van der Waals surface area contributed by atoms with Crippen LogP contribution < -0.4 is 0 Å². The van der Waals surface area contributed by atoms with Crippen LogP contribution in [0, 0.1) is 0 Å². The number of thiophene rings is 1. The van der Waals surface area contributed by atoms with E-state index in [-0.39, 0.29) is 23.2 Å². The molecular formula is C22H17Cl2N3O3S2. The number of sulfonamides is 1. The van der Waals surface area contributed by atoms with Crippen molar-refractivity contribution in [2.24, 2.45) is 0 Å². The van der Waals surface area contributed by atoms with Gasteiger partial charge in [-0.2, -0.15) is 4.31 Å². The van der Waals surface area contributed by atoms with Crippen LogP contribution in [-0.4, -0.2) is 48.1 Å². The second-order valence-electron chi connectivity index (χ2n) is 7.56. The smallest absolute Gasteiger partial charge is 0.253 e. The molecule has 164 valence electrons. The molecule has 0 aliphatic carbocycles. The maximum atomic E-state index is 13.1. The van der Waals surface area contributed by atoms with E-state index < -0.39 is 10.0 Å². The lowest BCUT2D eigenvalue weighted by atomic mass is 10.1. The van der Waals surface area contributed by atoms with Crippen molar-refractivity contribution in [3.8, 4) is 0 Å². The molecule has 4 aromatic rings. The van der Waals surface area contributed by atoms with Crippen molar-refractivity contribution in [3.05, 3.63) is 70.5 Å². The number of hydrogen-bond acceptors (Lipinski definition) is 5. The Morgan fingerprint density at radius 2 is 1.84 bits per heavy atom. The van der Waals surface area contributed by atoms with Gasteiger partial charge >= 0.3 is 0 Å². The molecule has 1 aliphatic rings. The Morgan fingerprint density at radius 3 is 2.66 bits per heavy atom. The molecule has 0 radical (unpaired) electrons. The molecule has 2 aromatic carbocycles. The highest BCUT2D eigenvalue weighted by Gasteiger charge is 2.33. The molecule has 6 nitrogen and oxygen atoms in total. The van der Waals surface area contributed by atoms with Crippen molar-refractivity contribution in [2.45, 2.75) is 10.8 Å². The highest BCUT2D eigenvalue weighted by Crippen LogP contribution is 2.33. The highest BCUT2D eigenvalue weighted by molar-refractivity contribution is 7.91. The molecule has 1 aliphatic heterocycles. The molecule has 32 heavy (non-hydrogen) atoms. The van der Waals surface area contributed by atoms with Crippen molar-refractivity contribution >= 4 is 71.3 Å². The normalized spacial score (nSPS) is 15.7. The van der Waals surface area contributed by atoms with Crippen LogP contribution in [-0.2, 0) is 21.4 Å². The van der Waals surface area contributed by atoms with E-state index in [1.54, 1.807) is 35.4 Å². The number of benzene rings is 2. The van der Waals surface area contributed by atoms with E-state index in [2.05, 4.69) is 4.98 Å². The van der Waals surface area contributed by atoms with Crippen LogP contribution >= 0.6 is 34.5 Å². The van der Waals surface area contributed by atoms with Crippen LogP contribution in [0.5, 0.6) is 0 Å². The van der Waals surface area contributed by atoms with Crippen molar-refractivity contribution in [3.63, 3.8) is 0 Å². The Labute approximate surface area is 199 Å². The van der Waals surface area contributed by atoms with Gasteiger partial charge in [-0.1, -0.05) is 41.4 Å². The lowest BCUT2D eigenvalue weighted by molar-refractivity contribution is -0.134. The summed E-state index contributed by atoms with van der Waals surface area (Å²) in [5.41, 5.74) is 0.950. The number of carbonyl (C=O) groups excluding carboxylic acids is 1. The van der Waals surface area contributed by atoms with Gasteiger partial charge in [-0.25, -0.2) is 13.4 Å². The first-order valence-corrected chi connectivity index (χ1v) is 12.8. The lowest BCUT2D eigenvalue weighted by Crippen LogP contribution is -2.51. The molecule has 2 aromatic heterocycles. The van der Waals surface area contributed by atoms with Gasteiger partial charge in [0.05, 0.1) is 6.54 Å². The first-order chi connectivity index (χ1) is 15.3. The zero-order valence-corrected chi connectivity index (χ0v) is 19.8. The van der Waals surface area contributed by atoms with E-state index in [1.807, 2.05) is 24.3 Å². The zero-order valence-electron chi connectivity index (χ0n) is 16.7. The summed E-state index contributed by atoms with van der Waals surface area (Å²) in [6, 6.07) is 14.5. The van der Waals surface area contributed by atoms with Crippen LogP contribution in [0.4, 0.5) is 0 Å². The number of halogens is 2. The molecule has 0 bridgehead atoms. The van der Waals surface area contributed by atoms with Gasteiger partial charge in [-0.05, 0) is 46.7 Å². The van der Waals surface area contributed by atoms with E-state index in [9.17, 15) is 13.2 Å². The average Bonchev–Trinajstić information content (AvgIpc) is 3.19. The highest BCUT2D eigenvalue weighted by atomic mass is 35.5. The minimum absolute atomic E-state index is 0.180. The summed E-state index contributed by atoms with van der Waals surface area (Å²) < 4.78 is 28.6. The van der Waals surface area contributed by atoms with Crippen LogP contribution in [0.2, 0.25) is 10.2 Å². The molecule has 0 N–H and O–H groups in total. The molecule has 0 saturated carbocycles. The summed E-state index contributed by atoms with van der Waals surface area (Å²) in [4.78, 5) is 18.5. The molecule has 1 amide bonds. The molecule has 1 fully saturated rings. The Bertz CT molecular complexity index is 1470. The van der Waals surface area contributed by atoms with E-state index in [4.69, 9.17) is 23.2 Å². The Hall–Kier alpha value is -2.23. The van der Waals surface area contributed by atoms with E-state index in [1.165, 1.54) is 4.31 Å². The van der Waals surface area contributed by atoms with Gasteiger partial charge in [0, 0.05) is 40.9 Å². The molecule has 10 heteroatoms. The molecule has 0 spiro atoms. The predicted molar refractivity (Wildman–Crippen MR) is 128 cm³/mol. The number of nitrogens with zero attached hydrogens (tertiary/aromatic N) is 3. The third-order valence-corrected chi connectivity index (χ3v) is 9.42. The van der Waals surface area contributed by atoms with Gasteiger partial charge < -0.3 is 4.90 Å². The van der Waals surface area contributed by atoms with E-state index in [0.717, 1.165) is 37.8 Å². The van der Waals surface area contributed by atoms with Gasteiger partial charge in [0.2, 0.25) is 5.91 Å². The minimum atomic E-state index is -3.76. The fourth-order valence-corrected chi connectivity index (χ4v) is 7.24. The number of amides is 1. The Morgan fingerprint density at radius 1 is 1.00 bits per heavy atom. The molecule has 3 heterocycles. The van der Waals surface area contributed by atoms with Crippen LogP contribution in [0.3, 0.4) is 0 Å². The summed E-state index contributed by atoms with van der Waals surface area (Å²) >= 11 is 13.3. The largest absolute Gasteiger partial charge is 0.336 e. The number of carbonyl (C=O) groups is 1. The third-order valence-electron chi connectivity index (χ3n) is 5.49. The second kappa shape index (κ2) is 8.28. The molecule has 0 unspecified atom stereocenters. The lowest BCUT2D eigenvalue weighted by Gasteiger charge is -2.33. The van der Waals surface area contributed by atoms with Gasteiger partial charge in [0.1, 0.15) is 9.36 Å². The summed E-state index contributed by atoms with van der Waals surface area (Å²) in [6.45, 7) is 0.793. The summed E-state index contributed by atoms with van der Waals surface area (Å²) in [5, 5.41) is 3.60. The zero-order chi connectivity index (χ0) is 22.5. The summed E-state index contributed by atoms with van der Waals surface area (Å²) in [5.74, 6) is -0.225. The van der Waals surface area contributed by atoms with Crippen molar-refractivity contribution in [2.75, 3.05) is 19.6 Å². The maximum Gasteiger partial charge on any atom is 0.253 e. The number of aromatic nitrogens is 1. The van der Waals surface area contributed by atoms with Crippen molar-refractivity contribution in [1.82, 2.24) is 14.2 Å². The standard InChI is InChI=1S/C22H17Cl2N3O3S2/c23-17-3-2-16-10-21(31-19(16)11-17)32(29,30)27-8-7-26(20(28)13-27)12-14-1-4-18-15(9-14)5-6-25-22(18)24/h1-6,9-11H,7-8,12-13H2. The van der Waals surface area contributed by atoms with Gasteiger partial charge in [0.25, 0.3) is 10.0 Å². The molecule has 5 rings (SSSR count). The van der Waals surface area contributed by atoms with E-state index >= 15 is 0 Å². The first-order valence-electron chi connectivity index (χ1n) is 9.81. The van der Waals surface area contributed by atoms with Crippen molar-refractivity contribution < 1.29 is 13.2 Å². The molecular weight excluding hydrogens is 489 g/mol.